The van der Waals surface area contributed by atoms with Crippen LogP contribution >= 0.6 is 0 Å². The molecule has 1 saturated carbocycles. The highest BCUT2D eigenvalue weighted by atomic mass is 16.3. The molecule has 0 aromatic heterocycles. The fraction of sp³-hybridized carbons (Fsp3) is 1.00. The van der Waals surface area contributed by atoms with Gasteiger partial charge < -0.3 is 10.0 Å². The van der Waals surface area contributed by atoms with Gasteiger partial charge >= 0.3 is 0 Å². The maximum absolute atomic E-state index is 10.1. The van der Waals surface area contributed by atoms with E-state index in [1.54, 1.807) is 0 Å². The molecule has 1 N–H and O–H groups in total. The zero-order valence-electron chi connectivity index (χ0n) is 8.58. The number of hydrogen-bond donors (Lipinski definition) is 1. The van der Waals surface area contributed by atoms with Gasteiger partial charge in [-0.25, -0.2) is 0 Å². The molecule has 2 nitrogen and oxygen atoms in total. The molecule has 0 aromatic rings. The molecule has 1 aliphatic carbocycles. The van der Waals surface area contributed by atoms with Crippen LogP contribution in [0.4, 0.5) is 0 Å². The van der Waals surface area contributed by atoms with Crippen LogP contribution in [0.5, 0.6) is 0 Å². The molecule has 13 heavy (non-hydrogen) atoms. The lowest BCUT2D eigenvalue weighted by atomic mass is 9.80. The Morgan fingerprint density at radius 3 is 2.31 bits per heavy atom. The van der Waals surface area contributed by atoms with Crippen LogP contribution in [-0.2, 0) is 0 Å². The Kier molecular flexibility index (Phi) is 2.89. The Morgan fingerprint density at radius 1 is 1.15 bits per heavy atom. The third-order valence-electron chi connectivity index (χ3n) is 3.87. The molecule has 0 radical (unpaired) electrons. The maximum Gasteiger partial charge on any atom is 0.0723 e. The standard InChI is InChI=1S/C11H21NO/c1-12-8-7-10(12)11(13)9-5-3-2-4-6-9/h9-11,13H,2-8H2,1H3. The molecular formula is C11H21NO. The molecule has 2 heteroatoms. The molecule has 2 unspecified atom stereocenters. The second-order valence-electron chi connectivity index (χ2n) is 4.73. The topological polar surface area (TPSA) is 23.5 Å². The summed E-state index contributed by atoms with van der Waals surface area (Å²) in [6, 6.07) is 0.475. The second kappa shape index (κ2) is 3.97. The third-order valence-corrected chi connectivity index (χ3v) is 3.87. The highest BCUT2D eigenvalue weighted by Crippen LogP contribution is 2.32. The van der Waals surface area contributed by atoms with Crippen molar-refractivity contribution in [3.63, 3.8) is 0 Å². The first-order valence-corrected chi connectivity index (χ1v) is 5.67. The van der Waals surface area contributed by atoms with Crippen molar-refractivity contribution in [2.24, 2.45) is 5.92 Å². The zero-order chi connectivity index (χ0) is 9.26. The number of aliphatic hydroxyl groups excluding tert-OH is 1. The van der Waals surface area contributed by atoms with Gasteiger partial charge in [0.25, 0.3) is 0 Å². The van der Waals surface area contributed by atoms with Gasteiger partial charge in [-0.3, -0.25) is 0 Å². The van der Waals surface area contributed by atoms with Crippen LogP contribution in [0.1, 0.15) is 38.5 Å². The molecule has 2 rings (SSSR count). The molecule has 1 saturated heterocycles. The van der Waals surface area contributed by atoms with E-state index in [0.29, 0.717) is 12.0 Å². The Labute approximate surface area is 80.9 Å². The number of aliphatic hydroxyl groups is 1. The average molecular weight is 183 g/mol. The number of nitrogens with zero attached hydrogens (tertiary/aromatic N) is 1. The summed E-state index contributed by atoms with van der Waals surface area (Å²) in [5, 5.41) is 10.1. The van der Waals surface area contributed by atoms with Crippen molar-refractivity contribution in [2.75, 3.05) is 13.6 Å². The van der Waals surface area contributed by atoms with Gasteiger partial charge in [-0.1, -0.05) is 19.3 Å². The minimum Gasteiger partial charge on any atom is -0.391 e. The van der Waals surface area contributed by atoms with Crippen molar-refractivity contribution < 1.29 is 5.11 Å². The average Bonchev–Trinajstić information content (AvgIpc) is 2.17. The molecule has 1 heterocycles. The van der Waals surface area contributed by atoms with Crippen molar-refractivity contribution >= 4 is 0 Å². The smallest absolute Gasteiger partial charge is 0.0723 e. The predicted molar refractivity (Wildman–Crippen MR) is 53.6 cm³/mol. The van der Waals surface area contributed by atoms with Crippen molar-refractivity contribution in [3.8, 4) is 0 Å². The van der Waals surface area contributed by atoms with E-state index in [-0.39, 0.29) is 6.10 Å². The molecule has 2 atom stereocenters. The SMILES string of the molecule is CN1CCC1C(O)C1CCCCC1. The number of likely N-dealkylation sites (N-methyl/N-ethyl adjacent to an activating group) is 1. The van der Waals surface area contributed by atoms with Crippen LogP contribution in [0, 0.1) is 5.92 Å². The van der Waals surface area contributed by atoms with Gasteiger partial charge in [0, 0.05) is 6.04 Å². The molecule has 0 amide bonds. The van der Waals surface area contributed by atoms with E-state index >= 15 is 0 Å². The van der Waals surface area contributed by atoms with Crippen LogP contribution in [0.15, 0.2) is 0 Å². The molecule has 0 bridgehead atoms. The van der Waals surface area contributed by atoms with Crippen LogP contribution in [0.2, 0.25) is 0 Å². The van der Waals surface area contributed by atoms with Gasteiger partial charge in [-0.15, -0.1) is 0 Å². The minimum absolute atomic E-state index is 0.0425. The summed E-state index contributed by atoms with van der Waals surface area (Å²) in [4.78, 5) is 2.29. The Morgan fingerprint density at radius 2 is 1.85 bits per heavy atom. The van der Waals surface area contributed by atoms with Crippen molar-refractivity contribution in [2.45, 2.75) is 50.7 Å². The van der Waals surface area contributed by atoms with Crippen molar-refractivity contribution in [1.82, 2.24) is 4.90 Å². The molecule has 1 aliphatic heterocycles. The largest absolute Gasteiger partial charge is 0.391 e. The van der Waals surface area contributed by atoms with Crippen molar-refractivity contribution in [3.05, 3.63) is 0 Å². The quantitative estimate of drug-likeness (QED) is 0.703. The molecule has 0 aromatic carbocycles. The fourth-order valence-electron chi connectivity index (χ4n) is 2.76. The highest BCUT2D eigenvalue weighted by molar-refractivity contribution is 4.90. The van der Waals surface area contributed by atoms with E-state index in [0.717, 1.165) is 0 Å². The first-order valence-electron chi connectivity index (χ1n) is 5.67. The molecular weight excluding hydrogens is 162 g/mol. The van der Waals surface area contributed by atoms with E-state index in [1.165, 1.54) is 45.1 Å². The van der Waals surface area contributed by atoms with E-state index in [9.17, 15) is 5.11 Å². The number of rotatable bonds is 2. The lowest BCUT2D eigenvalue weighted by molar-refractivity contribution is -0.0374. The number of hydrogen-bond acceptors (Lipinski definition) is 2. The Hall–Kier alpha value is -0.0800. The van der Waals surface area contributed by atoms with E-state index in [2.05, 4.69) is 11.9 Å². The van der Waals surface area contributed by atoms with Gasteiger partial charge in [0.05, 0.1) is 6.10 Å². The zero-order valence-corrected chi connectivity index (χ0v) is 8.58. The molecule has 2 fully saturated rings. The minimum atomic E-state index is -0.0425. The fourth-order valence-corrected chi connectivity index (χ4v) is 2.76. The summed E-state index contributed by atoms with van der Waals surface area (Å²) in [7, 11) is 2.13. The summed E-state index contributed by atoms with van der Waals surface area (Å²) >= 11 is 0. The predicted octanol–water partition coefficient (Wildman–Crippen LogP) is 1.63. The van der Waals surface area contributed by atoms with Gasteiger partial charge in [0.2, 0.25) is 0 Å². The lowest BCUT2D eigenvalue weighted by Crippen LogP contribution is -2.54. The third kappa shape index (κ3) is 1.89. The normalized spacial score (nSPS) is 34.2. The van der Waals surface area contributed by atoms with Gasteiger partial charge in [-0.05, 0) is 38.8 Å². The molecule has 76 valence electrons. The van der Waals surface area contributed by atoms with E-state index in [4.69, 9.17) is 0 Å². The van der Waals surface area contributed by atoms with Crippen LogP contribution < -0.4 is 0 Å². The summed E-state index contributed by atoms with van der Waals surface area (Å²) in [5.74, 6) is 0.599. The monoisotopic (exact) mass is 183 g/mol. The Balaban J connectivity index is 1.84. The van der Waals surface area contributed by atoms with Crippen molar-refractivity contribution in [1.29, 1.82) is 0 Å². The first kappa shape index (κ1) is 9.47. The summed E-state index contributed by atoms with van der Waals surface area (Å²) in [6.07, 6.45) is 7.71. The van der Waals surface area contributed by atoms with Crippen LogP contribution in [0.25, 0.3) is 0 Å². The summed E-state index contributed by atoms with van der Waals surface area (Å²) < 4.78 is 0. The van der Waals surface area contributed by atoms with Gasteiger partial charge in [0.15, 0.2) is 0 Å². The summed E-state index contributed by atoms with van der Waals surface area (Å²) in [6.45, 7) is 1.18. The van der Waals surface area contributed by atoms with Gasteiger partial charge in [-0.2, -0.15) is 0 Å². The Bertz CT molecular complexity index is 165. The maximum atomic E-state index is 10.1. The molecule has 2 aliphatic rings. The first-order chi connectivity index (χ1) is 6.29. The van der Waals surface area contributed by atoms with E-state index < -0.39 is 0 Å². The van der Waals surface area contributed by atoms with Crippen LogP contribution in [-0.4, -0.2) is 35.7 Å². The molecule has 0 spiro atoms. The van der Waals surface area contributed by atoms with Gasteiger partial charge in [0.1, 0.15) is 0 Å². The summed E-state index contributed by atoms with van der Waals surface area (Å²) in [5.41, 5.74) is 0. The number of likely N-dealkylation sites (tertiary alicyclic amines) is 1. The van der Waals surface area contributed by atoms with Crippen LogP contribution in [0.3, 0.4) is 0 Å². The van der Waals surface area contributed by atoms with E-state index in [1.807, 2.05) is 0 Å². The second-order valence-corrected chi connectivity index (χ2v) is 4.73. The highest BCUT2D eigenvalue weighted by Gasteiger charge is 2.35. The lowest BCUT2D eigenvalue weighted by Gasteiger charge is -2.44.